The van der Waals surface area contributed by atoms with Gasteiger partial charge >= 0.3 is 0 Å². The zero-order chi connectivity index (χ0) is 17.7. The maximum atomic E-state index is 11.2. The van der Waals surface area contributed by atoms with E-state index in [1.54, 1.807) is 30.3 Å². The van der Waals surface area contributed by atoms with Crippen LogP contribution in [0.3, 0.4) is 0 Å². The molecule has 0 aliphatic heterocycles. The standard InChI is InChI=1S/C10H6O4.C7H8N2O.H2O/c1-14-5-2-3-6-7(4-5)9(12)10(13)8(6)11;8-9-7(10)6-4-2-1-3-5-6;/h2-4H,1H3;1-5H,8H2,(H,9,10);1H2. The number of carbonyl (C=O) groups is 1. The first-order valence-corrected chi connectivity index (χ1v) is 6.87. The normalized spacial score (nSPS) is 9.52. The highest BCUT2D eigenvalue weighted by atomic mass is 16.5. The molecule has 25 heavy (non-hydrogen) atoms. The molecule has 0 radical (unpaired) electrons. The van der Waals surface area contributed by atoms with Crippen LogP contribution in [0.2, 0.25) is 0 Å². The number of hydrazine groups is 1. The van der Waals surface area contributed by atoms with Crippen molar-refractivity contribution in [3.8, 4) is 5.75 Å². The monoisotopic (exact) mass is 344 g/mol. The van der Waals surface area contributed by atoms with Crippen LogP contribution in [-0.2, 0) is 0 Å². The lowest BCUT2D eigenvalue weighted by Crippen LogP contribution is -2.29. The molecule has 130 valence electrons. The molecule has 3 aromatic carbocycles. The summed E-state index contributed by atoms with van der Waals surface area (Å²) in [6, 6.07) is 13.2. The average Bonchev–Trinajstić information content (AvgIpc) is 2.86. The third-order valence-electron chi connectivity index (χ3n) is 3.30. The van der Waals surface area contributed by atoms with E-state index < -0.39 is 16.3 Å². The number of amides is 1. The first-order valence-electron chi connectivity index (χ1n) is 6.87. The number of fused-ring (bicyclic) bond motifs is 1. The van der Waals surface area contributed by atoms with Gasteiger partial charge < -0.3 is 10.2 Å². The number of nitrogens with one attached hydrogen (secondary N) is 1. The summed E-state index contributed by atoms with van der Waals surface area (Å²) in [5.74, 6) is 5.10. The summed E-state index contributed by atoms with van der Waals surface area (Å²) >= 11 is 0. The first kappa shape index (κ1) is 19.7. The maximum absolute atomic E-state index is 11.2. The van der Waals surface area contributed by atoms with E-state index in [9.17, 15) is 19.2 Å². The lowest BCUT2D eigenvalue weighted by atomic mass is 10.2. The summed E-state index contributed by atoms with van der Waals surface area (Å²) in [6.45, 7) is 0. The fourth-order valence-electron chi connectivity index (χ4n) is 2.06. The molecule has 8 nitrogen and oxygen atoms in total. The highest BCUT2D eigenvalue weighted by Gasteiger charge is 2.12. The summed E-state index contributed by atoms with van der Waals surface area (Å²) < 4.78 is 4.88. The maximum Gasteiger partial charge on any atom is 0.273 e. The number of ether oxygens (including phenoxy) is 1. The van der Waals surface area contributed by atoms with Crippen LogP contribution < -0.4 is 32.3 Å². The van der Waals surface area contributed by atoms with Gasteiger partial charge in [-0.25, -0.2) is 5.84 Å². The SMILES string of the molecule is COc1ccc2c(=O)c(=O)c(=O)c2c1.NNC(=O)c1ccccc1.O. The van der Waals surface area contributed by atoms with Crippen molar-refractivity contribution in [3.05, 3.63) is 84.8 Å². The molecule has 8 heteroatoms. The number of nitrogens with two attached hydrogens (primary N) is 1. The van der Waals surface area contributed by atoms with Crippen molar-refractivity contribution < 1.29 is 15.0 Å². The van der Waals surface area contributed by atoms with Gasteiger partial charge in [-0.3, -0.25) is 24.6 Å². The molecular formula is C17H16N2O6. The summed E-state index contributed by atoms with van der Waals surface area (Å²) in [7, 11) is 1.45. The Kier molecular flexibility index (Phi) is 6.68. The minimum Gasteiger partial charge on any atom is -0.497 e. The quantitative estimate of drug-likeness (QED) is 0.271. The van der Waals surface area contributed by atoms with Crippen LogP contribution in [-0.4, -0.2) is 18.5 Å². The van der Waals surface area contributed by atoms with Gasteiger partial charge in [0.2, 0.25) is 10.9 Å². The summed E-state index contributed by atoms with van der Waals surface area (Å²) in [5, 5.41) is 0.306. The topological polar surface area (TPSA) is 147 Å². The van der Waals surface area contributed by atoms with Crippen molar-refractivity contribution in [2.45, 2.75) is 0 Å². The van der Waals surface area contributed by atoms with Crippen LogP contribution in [0, 0.1) is 0 Å². The van der Waals surface area contributed by atoms with Gasteiger partial charge in [0.15, 0.2) is 0 Å². The van der Waals surface area contributed by atoms with Gasteiger partial charge in [0.25, 0.3) is 11.3 Å². The summed E-state index contributed by atoms with van der Waals surface area (Å²) in [5.41, 5.74) is 0.176. The third-order valence-corrected chi connectivity index (χ3v) is 3.30. The second-order valence-corrected chi connectivity index (χ2v) is 4.74. The van der Waals surface area contributed by atoms with Crippen LogP contribution in [0.15, 0.2) is 62.9 Å². The van der Waals surface area contributed by atoms with Crippen LogP contribution in [0.25, 0.3) is 10.8 Å². The molecule has 0 fully saturated rings. The van der Waals surface area contributed by atoms with E-state index in [0.29, 0.717) is 11.3 Å². The Morgan fingerprint density at radius 1 is 0.920 bits per heavy atom. The number of methoxy groups -OCH3 is 1. The van der Waals surface area contributed by atoms with Gasteiger partial charge in [-0.1, -0.05) is 18.2 Å². The highest BCUT2D eigenvalue weighted by molar-refractivity contribution is 5.93. The second-order valence-electron chi connectivity index (χ2n) is 4.74. The average molecular weight is 344 g/mol. The number of nitrogen functional groups attached to an aromatic ring is 1. The van der Waals surface area contributed by atoms with Crippen molar-refractivity contribution in [2.24, 2.45) is 5.84 Å². The van der Waals surface area contributed by atoms with Crippen LogP contribution >= 0.6 is 0 Å². The molecule has 3 rings (SSSR count). The number of carbonyl (C=O) groups excluding carboxylic acids is 1. The Morgan fingerprint density at radius 3 is 2.08 bits per heavy atom. The second kappa shape index (κ2) is 8.48. The third kappa shape index (κ3) is 4.14. The fraction of sp³-hybridized carbons (Fsp3) is 0.0588. The Balaban J connectivity index is 0.000000254. The molecule has 0 atom stereocenters. The van der Waals surface area contributed by atoms with Crippen molar-refractivity contribution in [3.63, 3.8) is 0 Å². The predicted octanol–water partition coefficient (Wildman–Crippen LogP) is -0.730. The van der Waals surface area contributed by atoms with Crippen molar-refractivity contribution in [2.75, 3.05) is 7.11 Å². The Bertz CT molecular complexity index is 1010. The van der Waals surface area contributed by atoms with Crippen LogP contribution in [0.5, 0.6) is 5.75 Å². The molecular weight excluding hydrogens is 328 g/mol. The van der Waals surface area contributed by atoms with E-state index in [-0.39, 0.29) is 22.2 Å². The van der Waals surface area contributed by atoms with E-state index in [1.807, 2.05) is 11.5 Å². The van der Waals surface area contributed by atoms with Gasteiger partial charge in [-0.2, -0.15) is 0 Å². The van der Waals surface area contributed by atoms with Crippen molar-refractivity contribution in [1.82, 2.24) is 5.43 Å². The zero-order valence-electron chi connectivity index (χ0n) is 13.2. The first-order chi connectivity index (χ1) is 11.5. The summed E-state index contributed by atoms with van der Waals surface area (Å²) in [6.07, 6.45) is 0. The zero-order valence-corrected chi connectivity index (χ0v) is 13.2. The molecule has 0 aliphatic rings. The molecule has 0 bridgehead atoms. The molecule has 0 spiro atoms. The van der Waals surface area contributed by atoms with E-state index in [2.05, 4.69) is 0 Å². The van der Waals surface area contributed by atoms with Gasteiger partial charge in [0.1, 0.15) is 5.75 Å². The van der Waals surface area contributed by atoms with E-state index in [4.69, 9.17) is 10.6 Å². The van der Waals surface area contributed by atoms with E-state index in [1.165, 1.54) is 19.2 Å². The molecule has 3 aromatic rings. The van der Waals surface area contributed by atoms with Crippen molar-refractivity contribution in [1.29, 1.82) is 0 Å². The van der Waals surface area contributed by atoms with Crippen LogP contribution in [0.4, 0.5) is 0 Å². The minimum atomic E-state index is -0.965. The number of hydrogen-bond acceptors (Lipinski definition) is 6. The number of benzene rings is 2. The molecule has 0 saturated carbocycles. The van der Waals surface area contributed by atoms with E-state index in [0.717, 1.165) is 0 Å². The summed E-state index contributed by atoms with van der Waals surface area (Å²) in [4.78, 5) is 44.2. The van der Waals surface area contributed by atoms with Gasteiger partial charge in [-0.15, -0.1) is 0 Å². The molecule has 5 N–H and O–H groups in total. The van der Waals surface area contributed by atoms with Gasteiger partial charge in [0.05, 0.1) is 7.11 Å². The Hall–Kier alpha value is -3.36. The van der Waals surface area contributed by atoms with E-state index >= 15 is 0 Å². The molecule has 0 aliphatic carbocycles. The lowest BCUT2D eigenvalue weighted by Gasteiger charge is -1.96. The Labute approximate surface area is 141 Å². The molecule has 0 saturated heterocycles. The molecule has 0 heterocycles. The largest absolute Gasteiger partial charge is 0.497 e. The smallest absolute Gasteiger partial charge is 0.273 e. The molecule has 1 amide bonds. The van der Waals surface area contributed by atoms with Gasteiger partial charge in [-0.05, 0) is 30.3 Å². The fourth-order valence-corrected chi connectivity index (χ4v) is 2.06. The minimum absolute atomic E-state index is 0. The number of hydrogen-bond donors (Lipinski definition) is 2. The van der Waals surface area contributed by atoms with Gasteiger partial charge in [0, 0.05) is 16.3 Å². The highest BCUT2D eigenvalue weighted by Crippen LogP contribution is 2.14. The number of rotatable bonds is 2. The molecule has 0 aromatic heterocycles. The predicted molar refractivity (Wildman–Crippen MR) is 93.4 cm³/mol. The Morgan fingerprint density at radius 2 is 1.52 bits per heavy atom. The van der Waals surface area contributed by atoms with Crippen molar-refractivity contribution >= 4 is 16.7 Å². The lowest BCUT2D eigenvalue weighted by molar-refractivity contribution is 0.0953. The van der Waals surface area contributed by atoms with Crippen LogP contribution in [0.1, 0.15) is 10.4 Å². The molecule has 0 unspecified atom stereocenters.